The number of amides is 3. The molecule has 0 radical (unpaired) electrons. The number of unbranched alkanes of at least 4 members (excludes halogenated alkanes) is 13. The molecule has 3 aliphatic rings. The van der Waals surface area contributed by atoms with Crippen molar-refractivity contribution in [1.29, 1.82) is 0 Å². The molecule has 656 valence electrons. The van der Waals surface area contributed by atoms with E-state index < -0.39 is 76.5 Å². The fourth-order valence-electron chi connectivity index (χ4n) is 15.5. The molecule has 3 aromatic carbocycles. The van der Waals surface area contributed by atoms with Gasteiger partial charge < -0.3 is 46.6 Å². The van der Waals surface area contributed by atoms with Crippen LogP contribution in [0.15, 0.2) is 89.3 Å². The number of aromatic nitrogens is 3. The number of nitrogens with zero attached hydrogens (tertiary/aromatic N) is 6. The molecule has 21 nitrogen and oxygen atoms in total. The summed E-state index contributed by atoms with van der Waals surface area (Å²) in [4.78, 5) is 136. The molecule has 9 rings (SSSR count). The van der Waals surface area contributed by atoms with Gasteiger partial charge in [-0.3, -0.25) is 43.2 Å². The Morgan fingerprint density at radius 1 is 0.420 bits per heavy atom. The Kier molecular flexibility index (Phi) is 41.9. The van der Waals surface area contributed by atoms with Crippen molar-refractivity contribution in [2.45, 2.75) is 326 Å². The van der Waals surface area contributed by atoms with E-state index in [4.69, 9.17) is 16.6 Å². The van der Waals surface area contributed by atoms with Crippen LogP contribution in [0.1, 0.15) is 277 Å². The first-order valence-corrected chi connectivity index (χ1v) is 46.2. The molecule has 24 heteroatoms. The van der Waals surface area contributed by atoms with Gasteiger partial charge in [-0.1, -0.05) is 226 Å². The van der Waals surface area contributed by atoms with E-state index in [9.17, 15) is 58.5 Å². The van der Waals surface area contributed by atoms with E-state index in [0.717, 1.165) is 117 Å². The molecule has 3 amide bonds. The summed E-state index contributed by atoms with van der Waals surface area (Å²) in [6.45, 7) is 28.6. The van der Waals surface area contributed by atoms with Gasteiger partial charge in [0, 0.05) is 102 Å². The molecule has 0 bridgehead atoms. The van der Waals surface area contributed by atoms with Crippen LogP contribution < -0.4 is 11.5 Å². The van der Waals surface area contributed by atoms with E-state index in [1.807, 2.05) is 136 Å². The van der Waals surface area contributed by atoms with Crippen molar-refractivity contribution in [2.24, 2.45) is 39.5 Å². The summed E-state index contributed by atoms with van der Waals surface area (Å²) in [6.07, 6.45) is 19.9. The lowest BCUT2D eigenvalue weighted by atomic mass is 9.76. The Hall–Kier alpha value is -7.42. The maximum Gasteiger partial charge on any atom is 0.303 e. The van der Waals surface area contributed by atoms with Crippen molar-refractivity contribution in [3.8, 4) is 31.3 Å². The van der Waals surface area contributed by atoms with Gasteiger partial charge in [0.15, 0.2) is 17.3 Å². The van der Waals surface area contributed by atoms with Crippen LogP contribution in [0.5, 0.6) is 0 Å². The van der Waals surface area contributed by atoms with E-state index in [1.54, 1.807) is 50.7 Å². The number of β-amino-alcohol motifs (C(OH)–C–C–N with tert-alkyl or cyclic N) is 3. The van der Waals surface area contributed by atoms with E-state index in [1.165, 1.54) is 56.3 Å². The molecule has 8 N–H and O–H groups in total. The van der Waals surface area contributed by atoms with Gasteiger partial charge in [-0.2, -0.15) is 0 Å². The summed E-state index contributed by atoms with van der Waals surface area (Å²) >= 11 is 4.84. The fourth-order valence-corrected chi connectivity index (χ4v) is 18.0. The van der Waals surface area contributed by atoms with Crippen LogP contribution in [-0.2, 0) is 62.4 Å². The molecular weight excluding hydrogens is 1560 g/mol. The monoisotopic (exact) mass is 1700 g/mol. The number of hydrogen-bond donors (Lipinski definition) is 6. The van der Waals surface area contributed by atoms with E-state index >= 15 is 0 Å². The summed E-state index contributed by atoms with van der Waals surface area (Å²) in [7, 11) is 0. The molecule has 3 aromatic heterocycles. The zero-order chi connectivity index (χ0) is 87.7. The number of rotatable bonds is 41. The molecule has 3 fully saturated rings. The topological polar surface area (TPSA) is 335 Å². The van der Waals surface area contributed by atoms with Crippen molar-refractivity contribution in [3.63, 3.8) is 0 Å². The summed E-state index contributed by atoms with van der Waals surface area (Å²) in [5.41, 5.74) is 25.5. The number of nitrogens with two attached hydrogens (primary N) is 2. The molecule has 0 saturated carbocycles. The minimum Gasteiger partial charge on any atom is -0.481 e. The quantitative estimate of drug-likeness (QED) is 0.0194. The highest BCUT2D eigenvalue weighted by Crippen LogP contribution is 2.38. The predicted octanol–water partition coefficient (Wildman–Crippen LogP) is 17.5. The van der Waals surface area contributed by atoms with Gasteiger partial charge >= 0.3 is 5.97 Å². The molecule has 119 heavy (non-hydrogen) atoms. The van der Waals surface area contributed by atoms with Gasteiger partial charge in [0.1, 0.15) is 11.6 Å². The first kappa shape index (κ1) is 100. The lowest BCUT2D eigenvalue weighted by Crippen LogP contribution is -2.53. The standard InChI is InChI=1S/C35H52N2O4S.C34H51N3O4S.C23H31N3O3S.C3H6O2/c1-6-7-8-9-10-11-12-13-14-28(38)21-30(35(3,4)5)34(41)37-23-29(39)22-31(37)32(40)20-17-26-15-18-27(19-16-26)33-25(2)36-24-42-33;1-24-32(42-23-36-24)26-16-13-25(14-17-26)15-18-31(40)30-21-28(39)22-37(30)33(41)29(34(2,3)4)20-27(38)12-10-8-6-5-7-9-11-19-35;1-14-20(30-13-25-14)16-8-5-15(6-9-16)7-10-19(28)18-11-17(27)12-26(18)22(29)21(24)23(2,3)4;1-2-3(4)5/h15-16,18-19,24,29-31,39H,6-14,17,20-23H2,1-5H3;13-14,16-17,23,28-30,39H,5-12,15,18-22,35H2,1-4H3;5-6,8-9,13,17-18,21,27H,7,10-12,24H2,1-4H3;2H2,1H3,(H,4,5)/t29-,30-,31+;28-,29-,30+;17-,18+,21-;/m111./s1. The Bertz CT molecular complexity index is 3970. The average Bonchev–Trinajstić information content (AvgIpc) is 1.70. The second-order valence-electron chi connectivity index (χ2n) is 36.1. The van der Waals surface area contributed by atoms with Gasteiger partial charge in [-0.15, -0.1) is 34.0 Å². The minimum absolute atomic E-state index is 0.0246. The third-order valence-corrected chi connectivity index (χ3v) is 26.1. The maximum absolute atomic E-state index is 13.8. The number of likely N-dealkylation sites (tertiary alicyclic amines) is 3. The molecular formula is C95H140N8O13S3. The van der Waals surface area contributed by atoms with Gasteiger partial charge in [-0.25, -0.2) is 15.0 Å². The molecule has 9 atom stereocenters. The fraction of sp³-hybridized carbons (Fsp3) is 0.621. The number of thiazole rings is 3. The second-order valence-corrected chi connectivity index (χ2v) is 38.7. The SMILES string of the molecule is CCC(=O)O.CCCCCCCCCCC(=O)C[C@H](C(=O)N1C[C@H](O)C[C@H]1C(=O)CCc1ccc(-c2scnc2C)cc1)C(C)(C)C.Cc1ncsc1-c1ccc(CCC(=O)[C@@H]2C[C@@H](O)CN2C(=O)[C@@H](CC(=O)CCCCCCCCCN)C(C)(C)C)cc1.Cc1ncsc1-c1ccc(CCC(=O)[C@@H]2C[C@@H](O)CN2C(=O)[C@@H](N)C(C)(C)C)cc1. The largest absolute Gasteiger partial charge is 0.481 e. The number of ketones is 5. The summed E-state index contributed by atoms with van der Waals surface area (Å²) in [5, 5.41) is 38.8. The Labute approximate surface area is 721 Å². The zero-order valence-corrected chi connectivity index (χ0v) is 76.2. The van der Waals surface area contributed by atoms with Crippen molar-refractivity contribution < 1.29 is 63.6 Å². The molecule has 0 spiro atoms. The first-order chi connectivity index (χ1) is 56.4. The Morgan fingerprint density at radius 2 is 0.697 bits per heavy atom. The van der Waals surface area contributed by atoms with Crippen LogP contribution in [0, 0.1) is 48.9 Å². The van der Waals surface area contributed by atoms with E-state index in [-0.39, 0.29) is 105 Å². The molecule has 0 aliphatic carbocycles. The Balaban J connectivity index is 0.000000272. The van der Waals surface area contributed by atoms with Crippen molar-refractivity contribution in [1.82, 2.24) is 29.7 Å². The molecule has 0 unspecified atom stereocenters. The number of aliphatic hydroxyl groups is 3. The molecule has 3 aliphatic heterocycles. The number of carboxylic acids is 1. The highest BCUT2D eigenvalue weighted by Gasteiger charge is 2.47. The molecule has 6 aromatic rings. The minimum atomic E-state index is -0.745. The first-order valence-electron chi connectivity index (χ1n) is 43.6. The van der Waals surface area contributed by atoms with Gasteiger partial charge in [0.25, 0.3) is 0 Å². The van der Waals surface area contributed by atoms with Crippen LogP contribution in [0.2, 0.25) is 0 Å². The lowest BCUT2D eigenvalue weighted by molar-refractivity contribution is -0.146. The van der Waals surface area contributed by atoms with E-state index in [2.05, 4.69) is 58.3 Å². The number of aliphatic carboxylic acids is 1. The number of Topliss-reactive ketones (excluding diaryl/α,β-unsaturated/α-hetero) is 5. The van der Waals surface area contributed by atoms with Crippen LogP contribution >= 0.6 is 34.0 Å². The van der Waals surface area contributed by atoms with Crippen LogP contribution in [0.4, 0.5) is 0 Å². The van der Waals surface area contributed by atoms with Crippen molar-refractivity contribution in [3.05, 3.63) is 123 Å². The second kappa shape index (κ2) is 49.6. The Morgan fingerprint density at radius 3 is 0.950 bits per heavy atom. The number of carboxylic acid groups (broad SMARTS) is 1. The van der Waals surface area contributed by atoms with Crippen molar-refractivity contribution in [2.75, 3.05) is 26.2 Å². The smallest absolute Gasteiger partial charge is 0.303 e. The van der Waals surface area contributed by atoms with Crippen LogP contribution in [-0.4, -0.2) is 171 Å². The predicted molar refractivity (Wildman–Crippen MR) is 479 cm³/mol. The van der Waals surface area contributed by atoms with Crippen LogP contribution in [0.3, 0.4) is 0 Å². The number of aliphatic hydroxyl groups excluding tert-OH is 3. The molecule has 3 saturated heterocycles. The van der Waals surface area contributed by atoms with E-state index in [0.29, 0.717) is 51.4 Å². The zero-order valence-electron chi connectivity index (χ0n) is 73.7. The normalized spacial score (nSPS) is 18.1. The summed E-state index contributed by atoms with van der Waals surface area (Å²) in [6, 6.07) is 22.0. The highest BCUT2D eigenvalue weighted by molar-refractivity contribution is 7.14. The average molecular weight is 1700 g/mol. The summed E-state index contributed by atoms with van der Waals surface area (Å²) < 4.78 is 0. The maximum atomic E-state index is 13.8. The number of hydrogen-bond acceptors (Lipinski definition) is 20. The highest BCUT2D eigenvalue weighted by atomic mass is 32.1. The third-order valence-electron chi connectivity index (χ3n) is 23.2. The number of carbonyl (C=O) groups is 9. The number of aryl methyl sites for hydroxylation is 6. The van der Waals surface area contributed by atoms with Gasteiger partial charge in [-0.05, 0) is 115 Å². The summed E-state index contributed by atoms with van der Waals surface area (Å²) in [5.74, 6) is -2.27. The van der Waals surface area contributed by atoms with Gasteiger partial charge in [0.05, 0.1) is 90.7 Å². The third kappa shape index (κ3) is 32.7. The van der Waals surface area contributed by atoms with Gasteiger partial charge in [0.2, 0.25) is 17.7 Å². The number of carbonyl (C=O) groups excluding carboxylic acids is 8. The lowest BCUT2D eigenvalue weighted by Gasteiger charge is -2.34. The van der Waals surface area contributed by atoms with Crippen LogP contribution in [0.25, 0.3) is 31.3 Å². The van der Waals surface area contributed by atoms with Crippen molar-refractivity contribution >= 4 is 86.6 Å². The number of benzene rings is 3. The molecule has 6 heterocycles.